The Bertz CT molecular complexity index is 589. The summed E-state index contributed by atoms with van der Waals surface area (Å²) in [6, 6.07) is 5.18. The van der Waals surface area contributed by atoms with Gasteiger partial charge in [-0.1, -0.05) is 6.07 Å². The fraction of sp³-hybridized carbons (Fsp3) is 0.222. The number of sulfonamides is 1. The lowest BCUT2D eigenvalue weighted by molar-refractivity contribution is -0.385. The van der Waals surface area contributed by atoms with Gasteiger partial charge >= 0.3 is 0 Å². The second kappa shape index (κ2) is 4.90. The third kappa shape index (κ3) is 2.99. The molecule has 0 saturated carbocycles. The van der Waals surface area contributed by atoms with Crippen LogP contribution in [0.2, 0.25) is 0 Å². The van der Waals surface area contributed by atoms with E-state index in [4.69, 9.17) is 5.26 Å². The van der Waals surface area contributed by atoms with Crippen molar-refractivity contribution in [3.05, 3.63) is 33.9 Å². The van der Waals surface area contributed by atoms with E-state index in [-0.39, 0.29) is 17.1 Å². The van der Waals surface area contributed by atoms with Gasteiger partial charge in [-0.25, -0.2) is 8.42 Å². The summed E-state index contributed by atoms with van der Waals surface area (Å²) in [5, 5.41) is 18.9. The summed E-state index contributed by atoms with van der Waals surface area (Å²) < 4.78 is 25.2. The SMILES string of the molecule is Cc1ccc(S(=O)(=O)NCC#N)cc1[N+](=O)[O-]. The first kappa shape index (κ1) is 13.1. The van der Waals surface area contributed by atoms with Crippen molar-refractivity contribution in [2.24, 2.45) is 0 Å². The van der Waals surface area contributed by atoms with Crippen molar-refractivity contribution >= 4 is 15.7 Å². The maximum Gasteiger partial charge on any atom is 0.273 e. The normalized spacial score (nSPS) is 10.8. The van der Waals surface area contributed by atoms with Gasteiger partial charge in [0.1, 0.15) is 0 Å². The summed E-state index contributed by atoms with van der Waals surface area (Å²) in [4.78, 5) is 9.77. The Morgan fingerprint density at radius 3 is 2.71 bits per heavy atom. The van der Waals surface area contributed by atoms with Crippen LogP contribution in [0.1, 0.15) is 5.56 Å². The van der Waals surface area contributed by atoms with Gasteiger partial charge in [0.05, 0.1) is 22.4 Å². The van der Waals surface area contributed by atoms with E-state index in [2.05, 4.69) is 0 Å². The second-order valence-corrected chi connectivity index (χ2v) is 4.96. The summed E-state index contributed by atoms with van der Waals surface area (Å²) in [5.41, 5.74) is 0.0964. The van der Waals surface area contributed by atoms with Crippen molar-refractivity contribution in [1.29, 1.82) is 5.26 Å². The minimum Gasteiger partial charge on any atom is -0.258 e. The molecule has 7 nitrogen and oxygen atoms in total. The van der Waals surface area contributed by atoms with E-state index >= 15 is 0 Å². The van der Waals surface area contributed by atoms with Crippen LogP contribution in [0.4, 0.5) is 5.69 Å². The molecule has 0 aliphatic rings. The molecule has 0 amide bonds. The van der Waals surface area contributed by atoms with Gasteiger partial charge in [0.2, 0.25) is 10.0 Å². The highest BCUT2D eigenvalue weighted by Crippen LogP contribution is 2.21. The molecule has 1 N–H and O–H groups in total. The molecule has 0 aliphatic heterocycles. The number of aryl methyl sites for hydroxylation is 1. The van der Waals surface area contributed by atoms with Gasteiger partial charge in [-0.3, -0.25) is 10.1 Å². The predicted octanol–water partition coefficient (Wildman–Crippen LogP) is 0.705. The summed E-state index contributed by atoms with van der Waals surface area (Å²) >= 11 is 0. The number of nitriles is 1. The van der Waals surface area contributed by atoms with Crippen LogP contribution in [0.3, 0.4) is 0 Å². The van der Waals surface area contributed by atoms with Crippen LogP contribution < -0.4 is 4.72 Å². The first-order valence-electron chi connectivity index (χ1n) is 4.50. The van der Waals surface area contributed by atoms with Gasteiger partial charge in [-0.15, -0.1) is 0 Å². The summed E-state index contributed by atoms with van der Waals surface area (Å²) in [6.07, 6.45) is 0. The van der Waals surface area contributed by atoms with Crippen LogP contribution >= 0.6 is 0 Å². The van der Waals surface area contributed by atoms with Gasteiger partial charge in [-0.2, -0.15) is 9.98 Å². The summed E-state index contributed by atoms with van der Waals surface area (Å²) in [5.74, 6) is 0. The molecule has 0 spiro atoms. The van der Waals surface area contributed by atoms with E-state index < -0.39 is 14.9 Å². The number of nitrogens with zero attached hydrogens (tertiary/aromatic N) is 2. The molecule has 0 saturated heterocycles. The Balaban J connectivity index is 3.21. The molecule has 1 aromatic carbocycles. The van der Waals surface area contributed by atoms with Crippen molar-refractivity contribution in [2.75, 3.05) is 6.54 Å². The number of hydrogen-bond acceptors (Lipinski definition) is 5. The van der Waals surface area contributed by atoms with Gasteiger partial charge in [-0.05, 0) is 13.0 Å². The molecule has 1 aromatic rings. The average molecular weight is 255 g/mol. The topological polar surface area (TPSA) is 113 Å². The molecule has 8 heteroatoms. The highest BCUT2D eigenvalue weighted by atomic mass is 32.2. The van der Waals surface area contributed by atoms with Crippen molar-refractivity contribution in [2.45, 2.75) is 11.8 Å². The molecule has 0 aliphatic carbocycles. The lowest BCUT2D eigenvalue weighted by Crippen LogP contribution is -2.24. The standard InChI is InChI=1S/C9H9N3O4S/c1-7-2-3-8(6-9(7)12(13)14)17(15,16)11-5-4-10/h2-3,6,11H,5H2,1H3. The van der Waals surface area contributed by atoms with E-state index in [1.807, 2.05) is 4.72 Å². The molecule has 0 unspecified atom stereocenters. The smallest absolute Gasteiger partial charge is 0.258 e. The molecule has 1 rings (SSSR count). The van der Waals surface area contributed by atoms with Crippen molar-refractivity contribution < 1.29 is 13.3 Å². The Kier molecular flexibility index (Phi) is 3.77. The first-order chi connectivity index (χ1) is 7.88. The van der Waals surface area contributed by atoms with Crippen LogP contribution in [0.5, 0.6) is 0 Å². The highest BCUT2D eigenvalue weighted by Gasteiger charge is 2.19. The maximum absolute atomic E-state index is 11.6. The highest BCUT2D eigenvalue weighted by molar-refractivity contribution is 7.89. The Hall–Kier alpha value is -1.98. The maximum atomic E-state index is 11.6. The van der Waals surface area contributed by atoms with Gasteiger partial charge in [0, 0.05) is 11.6 Å². The largest absolute Gasteiger partial charge is 0.273 e. The number of benzene rings is 1. The van der Waals surface area contributed by atoms with E-state index in [1.165, 1.54) is 19.1 Å². The predicted molar refractivity (Wildman–Crippen MR) is 58.6 cm³/mol. The molecular weight excluding hydrogens is 246 g/mol. The zero-order chi connectivity index (χ0) is 13.1. The number of nitro benzene ring substituents is 1. The van der Waals surface area contributed by atoms with Crippen LogP contribution in [-0.2, 0) is 10.0 Å². The van der Waals surface area contributed by atoms with Gasteiger partial charge in [0.15, 0.2) is 0 Å². The molecule has 0 bridgehead atoms. The fourth-order valence-electron chi connectivity index (χ4n) is 1.16. The van der Waals surface area contributed by atoms with Crippen LogP contribution in [0.15, 0.2) is 23.1 Å². The third-order valence-corrected chi connectivity index (χ3v) is 3.43. The number of hydrogen-bond donors (Lipinski definition) is 1. The number of rotatable bonds is 4. The van der Waals surface area contributed by atoms with Crippen LogP contribution in [-0.4, -0.2) is 19.9 Å². The third-order valence-electron chi connectivity index (χ3n) is 2.03. The minimum absolute atomic E-state index is 0.231. The average Bonchev–Trinajstić information content (AvgIpc) is 2.26. The molecular formula is C9H9N3O4S. The lowest BCUT2D eigenvalue weighted by atomic mass is 10.2. The van der Waals surface area contributed by atoms with Crippen molar-refractivity contribution in [3.63, 3.8) is 0 Å². The summed E-state index contributed by atoms with van der Waals surface area (Å²) in [7, 11) is -3.87. The quantitative estimate of drug-likeness (QED) is 0.483. The van der Waals surface area contributed by atoms with Gasteiger partial charge in [0.25, 0.3) is 5.69 Å². The first-order valence-corrected chi connectivity index (χ1v) is 5.98. The minimum atomic E-state index is -3.87. The Labute approximate surface area is 97.9 Å². The summed E-state index contributed by atoms with van der Waals surface area (Å²) in [6.45, 7) is 1.13. The molecule has 0 fully saturated rings. The van der Waals surface area contributed by atoms with Gasteiger partial charge < -0.3 is 0 Å². The van der Waals surface area contributed by atoms with Crippen LogP contribution in [0, 0.1) is 28.4 Å². The van der Waals surface area contributed by atoms with E-state index in [9.17, 15) is 18.5 Å². The monoisotopic (exact) mass is 255 g/mol. The van der Waals surface area contributed by atoms with E-state index in [0.717, 1.165) is 6.07 Å². The van der Waals surface area contributed by atoms with Crippen LogP contribution in [0.25, 0.3) is 0 Å². The molecule has 0 radical (unpaired) electrons. The zero-order valence-electron chi connectivity index (χ0n) is 8.87. The number of nitro groups is 1. The molecule has 0 atom stereocenters. The fourth-order valence-corrected chi connectivity index (χ4v) is 2.10. The van der Waals surface area contributed by atoms with E-state index in [0.29, 0.717) is 5.56 Å². The molecule has 0 heterocycles. The molecule has 90 valence electrons. The lowest BCUT2D eigenvalue weighted by Gasteiger charge is -2.04. The van der Waals surface area contributed by atoms with Crippen molar-refractivity contribution in [1.82, 2.24) is 4.72 Å². The molecule has 0 aromatic heterocycles. The Morgan fingerprint density at radius 1 is 1.53 bits per heavy atom. The van der Waals surface area contributed by atoms with E-state index in [1.54, 1.807) is 6.07 Å². The molecule has 17 heavy (non-hydrogen) atoms. The number of nitrogens with one attached hydrogen (secondary N) is 1. The van der Waals surface area contributed by atoms with Crippen molar-refractivity contribution in [3.8, 4) is 6.07 Å². The Morgan fingerprint density at radius 2 is 2.18 bits per heavy atom. The zero-order valence-corrected chi connectivity index (χ0v) is 9.69. The second-order valence-electron chi connectivity index (χ2n) is 3.19.